The number of hydrogen-bond acceptors (Lipinski definition) is 6. The van der Waals surface area contributed by atoms with Gasteiger partial charge < -0.3 is 19.1 Å². The number of methoxy groups -OCH3 is 3. The number of fused-ring (bicyclic) bond motifs is 1. The average Bonchev–Trinajstić information content (AvgIpc) is 3.24. The van der Waals surface area contributed by atoms with Crippen molar-refractivity contribution in [2.45, 2.75) is 19.5 Å². The molecule has 9 heteroatoms. The van der Waals surface area contributed by atoms with Crippen LogP contribution in [0.25, 0.3) is 11.4 Å². The summed E-state index contributed by atoms with van der Waals surface area (Å²) in [5.41, 5.74) is 2.46. The maximum atomic E-state index is 14.7. The van der Waals surface area contributed by atoms with Crippen molar-refractivity contribution in [3.8, 4) is 28.6 Å². The number of halogens is 2. The summed E-state index contributed by atoms with van der Waals surface area (Å²) in [7, 11) is 4.69. The van der Waals surface area contributed by atoms with Crippen LogP contribution in [0.15, 0.2) is 60.7 Å². The van der Waals surface area contributed by atoms with Gasteiger partial charge in [0, 0.05) is 18.1 Å². The zero-order valence-electron chi connectivity index (χ0n) is 21.1. The fraction of sp³-hybridized carbons (Fsp3) is 0.207. The topological polar surface area (TPSA) is 73.8 Å². The largest absolute Gasteiger partial charge is 0.497 e. The first-order valence-corrected chi connectivity index (χ1v) is 11.9. The summed E-state index contributed by atoms with van der Waals surface area (Å²) >= 11 is 0. The highest BCUT2D eigenvalue weighted by molar-refractivity contribution is 5.99. The molecule has 0 fully saturated rings. The average molecular weight is 518 g/mol. The van der Waals surface area contributed by atoms with Crippen molar-refractivity contribution in [2.75, 3.05) is 21.3 Å². The predicted molar refractivity (Wildman–Crippen MR) is 136 cm³/mol. The van der Waals surface area contributed by atoms with E-state index in [0.717, 1.165) is 23.3 Å². The third kappa shape index (κ3) is 4.74. The zero-order chi connectivity index (χ0) is 26.8. The molecule has 0 aliphatic carbocycles. The van der Waals surface area contributed by atoms with E-state index in [1.54, 1.807) is 50.5 Å². The lowest BCUT2D eigenvalue weighted by molar-refractivity contribution is 0.0764. The number of carbonyl (C=O) groups is 1. The molecule has 1 amide bonds. The van der Waals surface area contributed by atoms with Crippen LogP contribution in [-0.4, -0.2) is 42.1 Å². The number of nitrogens with zero attached hydrogens (tertiary/aromatic N) is 3. The summed E-state index contributed by atoms with van der Waals surface area (Å²) in [4.78, 5) is 24.2. The summed E-state index contributed by atoms with van der Waals surface area (Å²) in [6.07, 6.45) is 0.267. The normalized spacial score (nSPS) is 12.4. The van der Waals surface area contributed by atoms with Crippen LogP contribution in [0.4, 0.5) is 8.78 Å². The molecule has 0 unspecified atom stereocenters. The summed E-state index contributed by atoms with van der Waals surface area (Å²) < 4.78 is 45.4. The van der Waals surface area contributed by atoms with Crippen LogP contribution >= 0.6 is 0 Å². The molecule has 1 aliphatic rings. The molecule has 38 heavy (non-hydrogen) atoms. The Morgan fingerprint density at radius 2 is 1.53 bits per heavy atom. The van der Waals surface area contributed by atoms with E-state index in [1.807, 2.05) is 18.2 Å². The lowest BCUT2D eigenvalue weighted by Crippen LogP contribution is -2.24. The van der Waals surface area contributed by atoms with Crippen molar-refractivity contribution < 1.29 is 27.8 Å². The smallest absolute Gasteiger partial charge is 0.258 e. The minimum atomic E-state index is -0.774. The van der Waals surface area contributed by atoms with Gasteiger partial charge in [-0.2, -0.15) is 0 Å². The fourth-order valence-corrected chi connectivity index (χ4v) is 4.53. The number of aromatic nitrogens is 2. The quantitative estimate of drug-likeness (QED) is 0.320. The Labute approximate surface area is 218 Å². The molecular formula is C29H25F2N3O4. The zero-order valence-corrected chi connectivity index (χ0v) is 21.1. The van der Waals surface area contributed by atoms with Crippen LogP contribution in [-0.2, 0) is 19.5 Å². The minimum Gasteiger partial charge on any atom is -0.497 e. The summed E-state index contributed by atoms with van der Waals surface area (Å²) in [5, 5.41) is 0. The van der Waals surface area contributed by atoms with Gasteiger partial charge in [-0.15, -0.1) is 0 Å². The molecule has 1 aromatic heterocycles. The Bertz CT molecular complexity index is 1490. The van der Waals surface area contributed by atoms with E-state index >= 15 is 0 Å². The van der Waals surface area contributed by atoms with Gasteiger partial charge in [-0.3, -0.25) is 4.79 Å². The molecule has 3 aromatic carbocycles. The highest BCUT2D eigenvalue weighted by Gasteiger charge is 2.34. The predicted octanol–water partition coefficient (Wildman–Crippen LogP) is 5.19. The van der Waals surface area contributed by atoms with Gasteiger partial charge >= 0.3 is 0 Å². The first-order chi connectivity index (χ1) is 18.4. The van der Waals surface area contributed by atoms with Crippen molar-refractivity contribution >= 4 is 5.91 Å². The number of ether oxygens (including phenoxy) is 3. The molecule has 0 saturated carbocycles. The van der Waals surface area contributed by atoms with Crippen LogP contribution in [0.2, 0.25) is 0 Å². The molecule has 7 nitrogen and oxygen atoms in total. The number of rotatable bonds is 8. The van der Waals surface area contributed by atoms with Gasteiger partial charge in [0.05, 0.1) is 56.9 Å². The van der Waals surface area contributed by atoms with Crippen LogP contribution in [0, 0.1) is 11.6 Å². The molecule has 0 N–H and O–H groups in total. The fourth-order valence-electron chi connectivity index (χ4n) is 4.53. The highest BCUT2D eigenvalue weighted by atomic mass is 19.1. The van der Waals surface area contributed by atoms with E-state index in [1.165, 1.54) is 6.07 Å². The van der Waals surface area contributed by atoms with Crippen LogP contribution < -0.4 is 14.2 Å². The molecule has 2 heterocycles. The Hall–Kier alpha value is -4.53. The maximum absolute atomic E-state index is 14.7. The van der Waals surface area contributed by atoms with E-state index in [0.29, 0.717) is 34.2 Å². The van der Waals surface area contributed by atoms with Crippen molar-refractivity contribution in [3.05, 3.63) is 100 Å². The number of hydrogen-bond donors (Lipinski definition) is 0. The second-order valence-corrected chi connectivity index (χ2v) is 8.78. The molecule has 5 rings (SSSR count). The molecule has 4 aromatic rings. The lowest BCUT2D eigenvalue weighted by Gasteiger charge is -2.18. The molecule has 0 spiro atoms. The van der Waals surface area contributed by atoms with Crippen LogP contribution in [0.1, 0.15) is 32.9 Å². The van der Waals surface area contributed by atoms with E-state index in [9.17, 15) is 13.6 Å². The van der Waals surface area contributed by atoms with Gasteiger partial charge in [-0.25, -0.2) is 18.7 Å². The van der Waals surface area contributed by atoms with Gasteiger partial charge in [-0.1, -0.05) is 18.2 Å². The van der Waals surface area contributed by atoms with E-state index in [4.69, 9.17) is 14.2 Å². The molecule has 0 saturated heterocycles. The van der Waals surface area contributed by atoms with Crippen molar-refractivity contribution in [1.82, 2.24) is 14.9 Å². The second kappa shape index (κ2) is 10.5. The first kappa shape index (κ1) is 25.1. The molecule has 194 valence electrons. The Kier molecular flexibility index (Phi) is 6.91. The Morgan fingerprint density at radius 1 is 0.842 bits per heavy atom. The van der Waals surface area contributed by atoms with Crippen LogP contribution in [0.3, 0.4) is 0 Å². The first-order valence-electron chi connectivity index (χ1n) is 11.9. The molecular weight excluding hydrogens is 492 g/mol. The number of carbonyl (C=O) groups excluding carboxylic acids is 1. The molecule has 0 atom stereocenters. The summed E-state index contributed by atoms with van der Waals surface area (Å²) in [5.74, 6) is -0.0143. The van der Waals surface area contributed by atoms with Gasteiger partial charge in [0.2, 0.25) is 0 Å². The summed E-state index contributed by atoms with van der Waals surface area (Å²) in [6, 6.07) is 16.3. The molecule has 1 aliphatic heterocycles. The van der Waals surface area contributed by atoms with Crippen molar-refractivity contribution in [3.63, 3.8) is 0 Å². The number of benzene rings is 3. The number of amides is 1. The summed E-state index contributed by atoms with van der Waals surface area (Å²) in [6.45, 7) is 0.401. The third-order valence-electron chi connectivity index (χ3n) is 6.47. The van der Waals surface area contributed by atoms with E-state index in [-0.39, 0.29) is 36.8 Å². The Balaban J connectivity index is 1.56. The maximum Gasteiger partial charge on any atom is 0.258 e. The molecule has 0 radical (unpaired) electrons. The SMILES string of the molecule is COc1ccc(Cc2nc(-c3c(F)cccc3F)nc3c2C(=O)N(Cc2ccc(OC)cc2OC)C3)cc1. The van der Waals surface area contributed by atoms with E-state index < -0.39 is 11.6 Å². The monoisotopic (exact) mass is 517 g/mol. The van der Waals surface area contributed by atoms with Crippen molar-refractivity contribution in [2.24, 2.45) is 0 Å². The third-order valence-corrected chi connectivity index (χ3v) is 6.47. The Morgan fingerprint density at radius 3 is 2.18 bits per heavy atom. The van der Waals surface area contributed by atoms with Gasteiger partial charge in [0.15, 0.2) is 5.82 Å². The van der Waals surface area contributed by atoms with Gasteiger partial charge in [0.25, 0.3) is 5.91 Å². The molecule has 0 bridgehead atoms. The van der Waals surface area contributed by atoms with Crippen molar-refractivity contribution in [1.29, 1.82) is 0 Å². The second-order valence-electron chi connectivity index (χ2n) is 8.78. The standard InChI is InChI=1S/C29H25F2N3O4/c1-36-19-10-7-17(8-11-19)13-23-27-24(33-28(32-23)26-21(30)5-4-6-22(26)31)16-34(29(27)35)15-18-9-12-20(37-2)14-25(18)38-3/h4-12,14H,13,15-16H2,1-3H3. The highest BCUT2D eigenvalue weighted by Crippen LogP contribution is 2.33. The van der Waals surface area contributed by atoms with Gasteiger partial charge in [0.1, 0.15) is 28.9 Å². The lowest BCUT2D eigenvalue weighted by atomic mass is 10.0. The van der Waals surface area contributed by atoms with Gasteiger partial charge in [-0.05, 0) is 42.0 Å². The van der Waals surface area contributed by atoms with Crippen LogP contribution in [0.5, 0.6) is 17.2 Å². The van der Waals surface area contributed by atoms with E-state index in [2.05, 4.69) is 9.97 Å². The minimum absolute atomic E-state index is 0.0976.